The molecule has 6 heteroatoms. The van der Waals surface area contributed by atoms with Gasteiger partial charge in [-0.05, 0) is 37.8 Å². The van der Waals surface area contributed by atoms with E-state index >= 15 is 0 Å². The van der Waals surface area contributed by atoms with E-state index in [1.54, 1.807) is 7.11 Å². The zero-order chi connectivity index (χ0) is 18.6. The minimum Gasteiger partial charge on any atom is -0.462 e. The summed E-state index contributed by atoms with van der Waals surface area (Å²) in [7, 11) is 1.68. The number of carbonyl (C=O) groups is 1. The van der Waals surface area contributed by atoms with Crippen LogP contribution in [0.5, 0.6) is 0 Å². The molecule has 2 saturated heterocycles. The number of rotatable bonds is 7. The summed E-state index contributed by atoms with van der Waals surface area (Å²) < 4.78 is 17.3. The van der Waals surface area contributed by atoms with E-state index in [1.807, 2.05) is 26.0 Å². The highest BCUT2D eigenvalue weighted by atomic mass is 16.5. The van der Waals surface area contributed by atoms with E-state index in [2.05, 4.69) is 10.2 Å². The Morgan fingerprint density at radius 2 is 2.04 bits per heavy atom. The topological polar surface area (TPSA) is 63.9 Å². The predicted molar refractivity (Wildman–Crippen MR) is 98.6 cm³/mol. The van der Waals surface area contributed by atoms with Crippen molar-refractivity contribution in [3.8, 4) is 0 Å². The lowest BCUT2D eigenvalue weighted by atomic mass is 9.88. The van der Waals surface area contributed by atoms with Gasteiger partial charge in [0.05, 0.1) is 18.2 Å². The first-order chi connectivity index (χ1) is 12.5. The maximum atomic E-state index is 11.7. The van der Waals surface area contributed by atoms with Crippen LogP contribution in [0.1, 0.15) is 51.1 Å². The number of amides is 1. The Hall–Kier alpha value is -1.37. The van der Waals surface area contributed by atoms with Crippen LogP contribution in [0, 0.1) is 5.92 Å². The van der Waals surface area contributed by atoms with E-state index in [-0.39, 0.29) is 23.5 Å². The third-order valence-corrected chi connectivity index (χ3v) is 5.52. The van der Waals surface area contributed by atoms with Crippen LogP contribution in [0.25, 0.3) is 0 Å². The summed E-state index contributed by atoms with van der Waals surface area (Å²) in [5, 5.41) is 3.00. The summed E-state index contributed by atoms with van der Waals surface area (Å²) in [6, 6.07) is 4.03. The molecule has 0 bridgehead atoms. The van der Waals surface area contributed by atoms with Gasteiger partial charge in [0.2, 0.25) is 5.91 Å². The summed E-state index contributed by atoms with van der Waals surface area (Å²) in [4.78, 5) is 14.2. The van der Waals surface area contributed by atoms with Crippen molar-refractivity contribution in [3.05, 3.63) is 23.7 Å². The highest BCUT2D eigenvalue weighted by Gasteiger charge is 2.42. The molecule has 3 rings (SSSR count). The summed E-state index contributed by atoms with van der Waals surface area (Å²) in [5.41, 5.74) is 0.00804. The first-order valence-electron chi connectivity index (χ1n) is 9.74. The highest BCUT2D eigenvalue weighted by Crippen LogP contribution is 2.39. The third kappa shape index (κ3) is 4.87. The van der Waals surface area contributed by atoms with Crippen LogP contribution in [0.15, 0.2) is 16.5 Å². The first kappa shape index (κ1) is 19.4. The number of furan rings is 1. The van der Waals surface area contributed by atoms with Crippen molar-refractivity contribution in [2.24, 2.45) is 5.92 Å². The predicted octanol–water partition coefficient (Wildman–Crippen LogP) is 2.71. The molecular formula is C20H32N2O4. The normalized spacial score (nSPS) is 23.0. The molecule has 1 aromatic heterocycles. The number of piperidine rings is 1. The van der Waals surface area contributed by atoms with Gasteiger partial charge in [-0.15, -0.1) is 0 Å². The molecule has 2 aliphatic rings. The maximum absolute atomic E-state index is 11.7. The van der Waals surface area contributed by atoms with Crippen LogP contribution in [-0.2, 0) is 27.4 Å². The van der Waals surface area contributed by atoms with Crippen LogP contribution in [-0.4, -0.2) is 49.3 Å². The lowest BCUT2D eigenvalue weighted by Gasteiger charge is -2.39. The Kier molecular flexibility index (Phi) is 6.37. The minimum absolute atomic E-state index is 0.00804. The smallest absolute Gasteiger partial charge is 0.222 e. The van der Waals surface area contributed by atoms with Crippen molar-refractivity contribution < 1.29 is 18.7 Å². The van der Waals surface area contributed by atoms with Gasteiger partial charge in [0.1, 0.15) is 18.1 Å². The maximum Gasteiger partial charge on any atom is 0.222 e. The second kappa shape index (κ2) is 8.55. The molecule has 0 saturated carbocycles. The van der Waals surface area contributed by atoms with Gasteiger partial charge in [-0.25, -0.2) is 0 Å². The van der Waals surface area contributed by atoms with Crippen molar-refractivity contribution >= 4 is 5.91 Å². The summed E-state index contributed by atoms with van der Waals surface area (Å²) in [6.45, 7) is 7.87. The molecule has 2 fully saturated rings. The summed E-state index contributed by atoms with van der Waals surface area (Å²) in [6.07, 6.45) is 4.39. The van der Waals surface area contributed by atoms with E-state index < -0.39 is 0 Å². The van der Waals surface area contributed by atoms with Crippen molar-refractivity contribution in [1.29, 1.82) is 0 Å². The van der Waals surface area contributed by atoms with Gasteiger partial charge in [0.15, 0.2) is 0 Å². The van der Waals surface area contributed by atoms with Gasteiger partial charge in [-0.1, -0.05) is 13.8 Å². The molecule has 26 heavy (non-hydrogen) atoms. The molecule has 1 unspecified atom stereocenters. The molecule has 0 aliphatic carbocycles. The monoisotopic (exact) mass is 364 g/mol. The first-order valence-corrected chi connectivity index (χ1v) is 9.74. The Morgan fingerprint density at radius 3 is 2.73 bits per heavy atom. The van der Waals surface area contributed by atoms with Crippen LogP contribution in [0.4, 0.5) is 0 Å². The second-order valence-electron chi connectivity index (χ2n) is 7.94. The molecule has 1 atom stereocenters. The Labute approximate surface area is 156 Å². The summed E-state index contributed by atoms with van der Waals surface area (Å²) >= 11 is 0. The number of carbonyl (C=O) groups excluding carboxylic acids is 1. The zero-order valence-corrected chi connectivity index (χ0v) is 16.3. The molecule has 146 valence electrons. The van der Waals surface area contributed by atoms with Crippen molar-refractivity contribution in [2.75, 3.05) is 26.7 Å². The molecule has 1 aromatic rings. The van der Waals surface area contributed by atoms with Gasteiger partial charge in [0.25, 0.3) is 0 Å². The van der Waals surface area contributed by atoms with Crippen LogP contribution in [0.3, 0.4) is 0 Å². The molecule has 0 radical (unpaired) electrons. The van der Waals surface area contributed by atoms with Gasteiger partial charge in [0, 0.05) is 32.7 Å². The van der Waals surface area contributed by atoms with Crippen LogP contribution < -0.4 is 5.32 Å². The average Bonchev–Trinajstić information content (AvgIpc) is 3.23. The number of nitrogens with zero attached hydrogens (tertiary/aromatic N) is 1. The second-order valence-corrected chi connectivity index (χ2v) is 7.94. The molecule has 1 N–H and O–H groups in total. The number of nitrogens with one attached hydrogen (secondary N) is 1. The Morgan fingerprint density at radius 1 is 1.31 bits per heavy atom. The number of ether oxygens (including phenoxy) is 2. The van der Waals surface area contributed by atoms with Crippen molar-refractivity contribution in [2.45, 2.75) is 64.4 Å². The van der Waals surface area contributed by atoms with E-state index in [9.17, 15) is 4.79 Å². The molecule has 1 amide bonds. The number of hydrogen-bond acceptors (Lipinski definition) is 5. The van der Waals surface area contributed by atoms with Crippen LogP contribution >= 0.6 is 0 Å². The fourth-order valence-corrected chi connectivity index (χ4v) is 3.89. The minimum atomic E-state index is 0.00804. The number of hydrogen-bond donors (Lipinski definition) is 1. The lowest BCUT2D eigenvalue weighted by Crippen LogP contribution is -2.45. The highest BCUT2D eigenvalue weighted by molar-refractivity contribution is 5.77. The summed E-state index contributed by atoms with van der Waals surface area (Å²) in [5.74, 6) is 2.01. The number of methoxy groups -OCH3 is 1. The molecule has 1 spiro atoms. The van der Waals surface area contributed by atoms with Crippen molar-refractivity contribution in [3.63, 3.8) is 0 Å². The van der Waals surface area contributed by atoms with Crippen LogP contribution in [0.2, 0.25) is 0 Å². The largest absolute Gasteiger partial charge is 0.462 e. The zero-order valence-electron chi connectivity index (χ0n) is 16.3. The van der Waals surface area contributed by atoms with Crippen molar-refractivity contribution in [1.82, 2.24) is 10.2 Å². The lowest BCUT2D eigenvalue weighted by molar-refractivity contribution is -0.125. The average molecular weight is 364 g/mol. The molecule has 6 nitrogen and oxygen atoms in total. The Bertz CT molecular complexity index is 590. The van der Waals surface area contributed by atoms with Gasteiger partial charge in [-0.2, -0.15) is 0 Å². The fourth-order valence-electron chi connectivity index (χ4n) is 3.89. The van der Waals surface area contributed by atoms with Gasteiger partial charge >= 0.3 is 0 Å². The van der Waals surface area contributed by atoms with Gasteiger partial charge < -0.3 is 19.2 Å². The quantitative estimate of drug-likeness (QED) is 0.806. The fraction of sp³-hybridized carbons (Fsp3) is 0.750. The SMILES string of the molecule is COCc1ccc(CN2CCC3(CCC(CNC(=O)C(C)C)O3)CC2)o1. The molecule has 2 aliphatic heterocycles. The van der Waals surface area contributed by atoms with E-state index in [4.69, 9.17) is 13.9 Å². The third-order valence-electron chi connectivity index (χ3n) is 5.52. The number of likely N-dealkylation sites (tertiary alicyclic amines) is 1. The van der Waals surface area contributed by atoms with Gasteiger partial charge in [-0.3, -0.25) is 9.69 Å². The molecule has 0 aromatic carbocycles. The van der Waals surface area contributed by atoms with E-state index in [0.717, 1.165) is 56.8 Å². The Balaban J connectivity index is 1.42. The van der Waals surface area contributed by atoms with E-state index in [1.165, 1.54) is 0 Å². The van der Waals surface area contributed by atoms with E-state index in [0.29, 0.717) is 13.2 Å². The molecule has 3 heterocycles. The molecular weight excluding hydrogens is 332 g/mol. The standard InChI is InChI=1S/C20H32N2O4/c1-15(2)19(23)21-12-16-6-7-20(26-16)8-10-22(11-9-20)13-17-4-5-18(25-17)14-24-3/h4-5,15-16H,6-14H2,1-3H3,(H,21,23).